The van der Waals surface area contributed by atoms with Gasteiger partial charge in [0.15, 0.2) is 5.78 Å². The van der Waals surface area contributed by atoms with Crippen molar-refractivity contribution in [2.45, 2.75) is 13.8 Å². The van der Waals surface area contributed by atoms with E-state index < -0.39 is 5.82 Å². The van der Waals surface area contributed by atoms with E-state index in [1.807, 2.05) is 0 Å². The fourth-order valence-electron chi connectivity index (χ4n) is 3.01. The first kappa shape index (κ1) is 16.8. The summed E-state index contributed by atoms with van der Waals surface area (Å²) in [5.41, 5.74) is 3.09. The molecule has 0 bridgehead atoms. The van der Waals surface area contributed by atoms with Crippen LogP contribution in [0.5, 0.6) is 0 Å². The summed E-state index contributed by atoms with van der Waals surface area (Å²) in [6, 6.07) is 8.80. The number of rotatable bonds is 4. The van der Waals surface area contributed by atoms with Crippen molar-refractivity contribution in [3.8, 4) is 0 Å². The molecule has 0 saturated carbocycles. The number of carbonyl (C=O) groups is 2. The Hall–Kier alpha value is -3.08. The Balaban J connectivity index is 2.10. The van der Waals surface area contributed by atoms with Crippen LogP contribution >= 0.6 is 0 Å². The lowest BCUT2D eigenvalue weighted by molar-refractivity contribution is 0.102. The van der Waals surface area contributed by atoms with Crippen LogP contribution in [0.25, 0.3) is 0 Å². The average molecular weight is 336 g/mol. The van der Waals surface area contributed by atoms with E-state index in [-0.39, 0.29) is 11.6 Å². The van der Waals surface area contributed by atoms with Crippen molar-refractivity contribution in [3.63, 3.8) is 0 Å². The van der Waals surface area contributed by atoms with Crippen molar-refractivity contribution in [3.05, 3.63) is 88.3 Å². The lowest BCUT2D eigenvalue weighted by atomic mass is 9.98. The second-order valence-electron chi connectivity index (χ2n) is 5.90. The van der Waals surface area contributed by atoms with Crippen LogP contribution in [0.4, 0.5) is 4.39 Å². The number of hydrogen-bond acceptors (Lipinski definition) is 3. The van der Waals surface area contributed by atoms with Crippen LogP contribution in [0.1, 0.15) is 43.2 Å². The smallest absolute Gasteiger partial charge is 0.211 e. The predicted octanol–water partition coefficient (Wildman–Crippen LogP) is 3.64. The molecule has 4 nitrogen and oxygen atoms in total. The standard InChI is InChI=1S/C20H17FN2O2/c1-12-17(19(24)14-6-8-16(21)9-7-14)13(2)23(3)18(12)20(25)15-5-4-10-22-11-15/h4-11H,1-3H3. The van der Waals surface area contributed by atoms with Gasteiger partial charge < -0.3 is 4.57 Å². The van der Waals surface area contributed by atoms with E-state index in [1.54, 1.807) is 43.8 Å². The number of carbonyl (C=O) groups excluding carboxylic acids is 2. The molecule has 3 rings (SSSR count). The lowest BCUT2D eigenvalue weighted by Gasteiger charge is -2.05. The molecule has 3 aromatic rings. The average Bonchev–Trinajstić information content (AvgIpc) is 2.84. The summed E-state index contributed by atoms with van der Waals surface area (Å²) < 4.78 is 14.8. The molecular weight excluding hydrogens is 319 g/mol. The second kappa shape index (κ2) is 6.43. The van der Waals surface area contributed by atoms with E-state index in [0.717, 1.165) is 0 Å². The maximum absolute atomic E-state index is 13.1. The molecule has 0 atom stereocenters. The molecule has 0 amide bonds. The monoisotopic (exact) mass is 336 g/mol. The van der Waals surface area contributed by atoms with Gasteiger partial charge in [-0.05, 0) is 55.8 Å². The molecule has 0 saturated heterocycles. The minimum Gasteiger partial charge on any atom is -0.344 e. The molecule has 1 aromatic carbocycles. The van der Waals surface area contributed by atoms with Gasteiger partial charge in [0.2, 0.25) is 5.78 Å². The number of hydrogen-bond donors (Lipinski definition) is 0. The third kappa shape index (κ3) is 2.89. The van der Waals surface area contributed by atoms with Gasteiger partial charge >= 0.3 is 0 Å². The highest BCUT2D eigenvalue weighted by molar-refractivity contribution is 6.15. The van der Waals surface area contributed by atoms with E-state index in [1.165, 1.54) is 30.5 Å². The molecule has 0 aliphatic carbocycles. The minimum absolute atomic E-state index is 0.186. The fourth-order valence-corrected chi connectivity index (χ4v) is 3.01. The Morgan fingerprint density at radius 1 is 1.00 bits per heavy atom. The highest BCUT2D eigenvalue weighted by atomic mass is 19.1. The highest BCUT2D eigenvalue weighted by Gasteiger charge is 2.26. The van der Waals surface area contributed by atoms with Gasteiger partial charge in [-0.3, -0.25) is 14.6 Å². The number of aromatic nitrogens is 2. The van der Waals surface area contributed by atoms with Crippen LogP contribution in [0.3, 0.4) is 0 Å². The van der Waals surface area contributed by atoms with E-state index in [0.29, 0.717) is 33.6 Å². The largest absolute Gasteiger partial charge is 0.344 e. The lowest BCUT2D eigenvalue weighted by Crippen LogP contribution is -2.09. The molecule has 2 heterocycles. The van der Waals surface area contributed by atoms with Crippen molar-refractivity contribution in [2.75, 3.05) is 0 Å². The Kier molecular flexibility index (Phi) is 4.31. The first-order valence-corrected chi connectivity index (χ1v) is 7.82. The van der Waals surface area contributed by atoms with Crippen LogP contribution in [0.2, 0.25) is 0 Å². The van der Waals surface area contributed by atoms with Crippen LogP contribution in [-0.4, -0.2) is 21.1 Å². The summed E-state index contributed by atoms with van der Waals surface area (Å²) in [6.07, 6.45) is 3.11. The summed E-state index contributed by atoms with van der Waals surface area (Å²) in [4.78, 5) is 29.7. The molecule has 0 spiro atoms. The molecule has 0 aliphatic rings. The minimum atomic E-state index is -0.398. The Bertz CT molecular complexity index is 958. The predicted molar refractivity (Wildman–Crippen MR) is 92.4 cm³/mol. The van der Waals surface area contributed by atoms with E-state index in [2.05, 4.69) is 4.98 Å². The molecule has 0 radical (unpaired) electrons. The summed E-state index contributed by atoms with van der Waals surface area (Å²) in [6.45, 7) is 3.55. The Morgan fingerprint density at radius 3 is 2.28 bits per heavy atom. The first-order valence-electron chi connectivity index (χ1n) is 7.82. The highest BCUT2D eigenvalue weighted by Crippen LogP contribution is 2.26. The summed E-state index contributed by atoms with van der Waals surface area (Å²) in [5.74, 6) is -0.810. The van der Waals surface area contributed by atoms with Crippen LogP contribution < -0.4 is 0 Å². The topological polar surface area (TPSA) is 52.0 Å². The van der Waals surface area contributed by atoms with Crippen molar-refractivity contribution in [1.82, 2.24) is 9.55 Å². The van der Waals surface area contributed by atoms with Crippen LogP contribution in [-0.2, 0) is 7.05 Å². The number of halogens is 1. The normalized spacial score (nSPS) is 10.7. The van der Waals surface area contributed by atoms with Gasteiger partial charge in [-0.2, -0.15) is 0 Å². The zero-order chi connectivity index (χ0) is 18.1. The molecule has 0 N–H and O–H groups in total. The molecular formula is C20H17FN2O2. The Morgan fingerprint density at radius 2 is 1.68 bits per heavy atom. The Labute approximate surface area is 144 Å². The van der Waals surface area contributed by atoms with Crippen LogP contribution in [0, 0.1) is 19.7 Å². The number of benzene rings is 1. The van der Waals surface area contributed by atoms with E-state index >= 15 is 0 Å². The van der Waals surface area contributed by atoms with Gasteiger partial charge in [0.1, 0.15) is 5.82 Å². The zero-order valence-corrected chi connectivity index (χ0v) is 14.2. The molecule has 0 fully saturated rings. The molecule has 0 aliphatic heterocycles. The first-order chi connectivity index (χ1) is 11.9. The van der Waals surface area contributed by atoms with Crippen molar-refractivity contribution < 1.29 is 14.0 Å². The maximum atomic E-state index is 13.1. The third-order valence-electron chi connectivity index (χ3n) is 4.40. The zero-order valence-electron chi connectivity index (χ0n) is 14.2. The van der Waals surface area contributed by atoms with Gasteiger partial charge in [0.05, 0.1) is 5.69 Å². The quantitative estimate of drug-likeness (QED) is 0.684. The van der Waals surface area contributed by atoms with Crippen molar-refractivity contribution in [1.29, 1.82) is 0 Å². The van der Waals surface area contributed by atoms with Gasteiger partial charge in [-0.1, -0.05) is 0 Å². The number of ketones is 2. The molecule has 5 heteroatoms. The van der Waals surface area contributed by atoms with E-state index in [4.69, 9.17) is 0 Å². The molecule has 2 aromatic heterocycles. The van der Waals surface area contributed by atoms with Gasteiger partial charge in [0.25, 0.3) is 0 Å². The second-order valence-corrected chi connectivity index (χ2v) is 5.90. The van der Waals surface area contributed by atoms with Gasteiger partial charge in [0, 0.05) is 41.8 Å². The van der Waals surface area contributed by atoms with Crippen molar-refractivity contribution in [2.24, 2.45) is 7.05 Å². The molecule has 0 unspecified atom stereocenters. The fraction of sp³-hybridized carbons (Fsp3) is 0.150. The van der Waals surface area contributed by atoms with Gasteiger partial charge in [-0.15, -0.1) is 0 Å². The third-order valence-corrected chi connectivity index (χ3v) is 4.40. The maximum Gasteiger partial charge on any atom is 0.211 e. The number of nitrogens with zero attached hydrogens (tertiary/aromatic N) is 2. The molecule has 25 heavy (non-hydrogen) atoms. The van der Waals surface area contributed by atoms with E-state index in [9.17, 15) is 14.0 Å². The summed E-state index contributed by atoms with van der Waals surface area (Å²) >= 11 is 0. The van der Waals surface area contributed by atoms with Crippen LogP contribution in [0.15, 0.2) is 48.8 Å². The van der Waals surface area contributed by atoms with Gasteiger partial charge in [-0.25, -0.2) is 4.39 Å². The number of pyridine rings is 1. The SMILES string of the molecule is Cc1c(C(=O)c2ccc(F)cc2)c(C)n(C)c1C(=O)c1cccnc1. The van der Waals surface area contributed by atoms with Crippen molar-refractivity contribution >= 4 is 11.6 Å². The summed E-state index contributed by atoms with van der Waals surface area (Å²) in [7, 11) is 1.76. The molecule has 126 valence electrons. The summed E-state index contributed by atoms with van der Waals surface area (Å²) in [5, 5.41) is 0.